The highest BCUT2D eigenvalue weighted by Gasteiger charge is 2.18. The zero-order valence-electron chi connectivity index (χ0n) is 19.7. The van der Waals surface area contributed by atoms with Crippen LogP contribution >= 0.6 is 11.3 Å². The molecule has 1 fully saturated rings. The van der Waals surface area contributed by atoms with Crippen LogP contribution in [0, 0.1) is 12.7 Å². The highest BCUT2D eigenvalue weighted by atomic mass is 32.1. The molecule has 3 aromatic rings. The Morgan fingerprint density at radius 1 is 1.18 bits per heavy atom. The van der Waals surface area contributed by atoms with Gasteiger partial charge in [0.1, 0.15) is 18.2 Å². The normalized spacial score (nSPS) is 14.4. The van der Waals surface area contributed by atoms with Gasteiger partial charge in [-0.05, 0) is 73.8 Å². The number of thiophene rings is 1. The first-order valence-electron chi connectivity index (χ1n) is 11.6. The van der Waals surface area contributed by atoms with Gasteiger partial charge < -0.3 is 14.8 Å². The van der Waals surface area contributed by atoms with Crippen LogP contribution in [0.25, 0.3) is 10.4 Å². The summed E-state index contributed by atoms with van der Waals surface area (Å²) in [5, 5.41) is 3.00. The first kappa shape index (κ1) is 24.4. The number of carbonyl (C=O) groups is 1. The first-order chi connectivity index (χ1) is 16.5. The Labute approximate surface area is 204 Å². The Morgan fingerprint density at radius 2 is 1.94 bits per heavy atom. The SMILES string of the molecule is Cc1cc(C(=O)NCc2cccc(OCCN(C)C3CCOCC3)c2)sc1-c1ccc(F)cc1. The van der Waals surface area contributed by atoms with Crippen LogP contribution in [0.15, 0.2) is 54.6 Å². The number of carbonyl (C=O) groups excluding carboxylic acids is 1. The van der Waals surface area contributed by atoms with Crippen LogP contribution < -0.4 is 10.1 Å². The number of amides is 1. The molecular weight excluding hydrogens is 451 g/mol. The van der Waals surface area contributed by atoms with Gasteiger partial charge >= 0.3 is 0 Å². The van der Waals surface area contributed by atoms with Crippen LogP contribution in [0.2, 0.25) is 0 Å². The Kier molecular flexibility index (Phi) is 8.32. The number of nitrogens with one attached hydrogen (secondary N) is 1. The number of halogens is 1. The van der Waals surface area contributed by atoms with Crippen molar-refractivity contribution >= 4 is 17.2 Å². The van der Waals surface area contributed by atoms with Crippen molar-refractivity contribution in [3.05, 3.63) is 76.4 Å². The van der Waals surface area contributed by atoms with Crippen LogP contribution in [0.3, 0.4) is 0 Å². The van der Waals surface area contributed by atoms with Gasteiger partial charge in [-0.1, -0.05) is 24.3 Å². The lowest BCUT2D eigenvalue weighted by atomic mass is 10.1. The number of nitrogens with zero attached hydrogens (tertiary/aromatic N) is 1. The lowest BCUT2D eigenvalue weighted by molar-refractivity contribution is 0.0392. The van der Waals surface area contributed by atoms with E-state index in [1.807, 2.05) is 37.3 Å². The molecule has 0 saturated carbocycles. The van der Waals surface area contributed by atoms with Gasteiger partial charge in [-0.3, -0.25) is 9.69 Å². The molecule has 7 heteroatoms. The van der Waals surface area contributed by atoms with E-state index in [-0.39, 0.29) is 11.7 Å². The summed E-state index contributed by atoms with van der Waals surface area (Å²) in [6.45, 7) is 5.53. The predicted molar refractivity (Wildman–Crippen MR) is 134 cm³/mol. The van der Waals surface area contributed by atoms with Crippen molar-refractivity contribution in [3.8, 4) is 16.2 Å². The van der Waals surface area contributed by atoms with Crippen molar-refractivity contribution in [1.82, 2.24) is 10.2 Å². The van der Waals surface area contributed by atoms with Crippen LogP contribution in [0.4, 0.5) is 4.39 Å². The Hall–Kier alpha value is -2.74. The molecule has 1 amide bonds. The van der Waals surface area contributed by atoms with E-state index in [2.05, 4.69) is 17.3 Å². The fourth-order valence-corrected chi connectivity index (χ4v) is 5.21. The minimum atomic E-state index is -0.270. The van der Waals surface area contributed by atoms with Gasteiger partial charge in [-0.2, -0.15) is 0 Å². The summed E-state index contributed by atoms with van der Waals surface area (Å²) in [4.78, 5) is 16.7. The number of likely N-dealkylation sites (N-methyl/N-ethyl adjacent to an activating group) is 1. The highest BCUT2D eigenvalue weighted by molar-refractivity contribution is 7.17. The quantitative estimate of drug-likeness (QED) is 0.451. The third kappa shape index (κ3) is 6.44. The second-order valence-corrected chi connectivity index (χ2v) is 9.68. The third-order valence-electron chi connectivity index (χ3n) is 6.13. The molecule has 1 aromatic heterocycles. The number of aryl methyl sites for hydroxylation is 1. The molecule has 0 bridgehead atoms. The molecule has 0 unspecified atom stereocenters. The Morgan fingerprint density at radius 3 is 2.71 bits per heavy atom. The standard InChI is InChI=1S/C27H31FN2O3S/c1-19-16-25(34-26(19)21-6-8-22(28)9-7-21)27(31)29-18-20-4-3-5-24(17-20)33-15-12-30(2)23-10-13-32-14-11-23/h3-9,16-17,23H,10-15,18H2,1-2H3,(H,29,31). The fourth-order valence-electron chi connectivity index (χ4n) is 4.11. The van der Waals surface area contributed by atoms with Crippen molar-refractivity contribution in [3.63, 3.8) is 0 Å². The van der Waals surface area contributed by atoms with Gasteiger partial charge in [0.05, 0.1) is 4.88 Å². The summed E-state index contributed by atoms with van der Waals surface area (Å²) >= 11 is 1.42. The predicted octanol–water partition coefficient (Wildman–Crippen LogP) is 5.28. The van der Waals surface area contributed by atoms with E-state index in [1.165, 1.54) is 23.5 Å². The van der Waals surface area contributed by atoms with E-state index in [1.54, 1.807) is 12.1 Å². The molecule has 1 N–H and O–H groups in total. The first-order valence-corrected chi connectivity index (χ1v) is 12.5. The second-order valence-electron chi connectivity index (χ2n) is 8.63. The van der Waals surface area contributed by atoms with Gasteiger partial charge in [0, 0.05) is 37.2 Å². The summed E-state index contributed by atoms with van der Waals surface area (Å²) in [5.74, 6) is 0.414. The Balaban J connectivity index is 1.28. The average Bonchev–Trinajstić information content (AvgIpc) is 3.25. The molecule has 2 heterocycles. The molecule has 0 spiro atoms. The minimum absolute atomic E-state index is 0.120. The largest absolute Gasteiger partial charge is 0.492 e. The van der Waals surface area contributed by atoms with Crippen molar-refractivity contribution in [1.29, 1.82) is 0 Å². The fraction of sp³-hybridized carbons (Fsp3) is 0.370. The summed E-state index contributed by atoms with van der Waals surface area (Å²) in [7, 11) is 2.14. The molecule has 0 aliphatic carbocycles. The van der Waals surface area contributed by atoms with Crippen LogP contribution in [-0.4, -0.2) is 50.3 Å². The highest BCUT2D eigenvalue weighted by Crippen LogP contribution is 2.32. The molecule has 34 heavy (non-hydrogen) atoms. The molecule has 1 aliphatic heterocycles. The monoisotopic (exact) mass is 482 g/mol. The van der Waals surface area contributed by atoms with Crippen molar-refractivity contribution in [2.24, 2.45) is 0 Å². The molecular formula is C27H31FN2O3S. The molecule has 1 saturated heterocycles. The van der Waals surface area contributed by atoms with Gasteiger partial charge in [0.2, 0.25) is 0 Å². The average molecular weight is 483 g/mol. The Bertz CT molecular complexity index is 1090. The third-order valence-corrected chi connectivity index (χ3v) is 7.41. The van der Waals surface area contributed by atoms with E-state index in [9.17, 15) is 9.18 Å². The van der Waals surface area contributed by atoms with Gasteiger partial charge in [-0.15, -0.1) is 11.3 Å². The van der Waals surface area contributed by atoms with E-state index < -0.39 is 0 Å². The van der Waals surface area contributed by atoms with E-state index in [4.69, 9.17) is 9.47 Å². The maximum atomic E-state index is 13.2. The summed E-state index contributed by atoms with van der Waals surface area (Å²) in [5.41, 5.74) is 2.90. The number of rotatable bonds is 9. The topological polar surface area (TPSA) is 50.8 Å². The summed E-state index contributed by atoms with van der Waals surface area (Å²) in [6.07, 6.45) is 2.14. The molecule has 4 rings (SSSR count). The number of benzene rings is 2. The maximum Gasteiger partial charge on any atom is 0.261 e. The second kappa shape index (κ2) is 11.6. The maximum absolute atomic E-state index is 13.2. The van der Waals surface area contributed by atoms with Crippen LogP contribution in [-0.2, 0) is 11.3 Å². The number of ether oxygens (including phenoxy) is 2. The lowest BCUT2D eigenvalue weighted by Gasteiger charge is -2.31. The van der Waals surface area contributed by atoms with E-state index in [0.29, 0.717) is 24.1 Å². The van der Waals surface area contributed by atoms with Crippen LogP contribution in [0.1, 0.15) is 33.6 Å². The smallest absolute Gasteiger partial charge is 0.261 e. The molecule has 1 aliphatic rings. The summed E-state index contributed by atoms with van der Waals surface area (Å²) < 4.78 is 24.6. The molecule has 2 aromatic carbocycles. The van der Waals surface area contributed by atoms with Gasteiger partial charge in [-0.25, -0.2) is 4.39 Å². The summed E-state index contributed by atoms with van der Waals surface area (Å²) in [6, 6.07) is 16.6. The van der Waals surface area contributed by atoms with Crippen LogP contribution in [0.5, 0.6) is 5.75 Å². The van der Waals surface area contributed by atoms with Crippen molar-refractivity contribution in [2.45, 2.75) is 32.4 Å². The molecule has 180 valence electrons. The van der Waals surface area contributed by atoms with E-state index in [0.717, 1.165) is 59.9 Å². The van der Waals surface area contributed by atoms with Crippen molar-refractivity contribution in [2.75, 3.05) is 33.4 Å². The molecule has 0 atom stereocenters. The lowest BCUT2D eigenvalue weighted by Crippen LogP contribution is -2.38. The zero-order chi connectivity index (χ0) is 23.9. The minimum Gasteiger partial charge on any atom is -0.492 e. The molecule has 0 radical (unpaired) electrons. The zero-order valence-corrected chi connectivity index (χ0v) is 20.5. The molecule has 5 nitrogen and oxygen atoms in total. The van der Waals surface area contributed by atoms with Gasteiger partial charge in [0.15, 0.2) is 0 Å². The number of hydrogen-bond donors (Lipinski definition) is 1. The van der Waals surface area contributed by atoms with Crippen molar-refractivity contribution < 1.29 is 18.7 Å². The van der Waals surface area contributed by atoms with Gasteiger partial charge in [0.25, 0.3) is 5.91 Å². The van der Waals surface area contributed by atoms with E-state index >= 15 is 0 Å². The number of hydrogen-bond acceptors (Lipinski definition) is 5.